The average Bonchev–Trinajstić information content (AvgIpc) is 3.58. The Balaban J connectivity index is 1.40. The molecule has 2 aliphatic carbocycles. The molecule has 0 heterocycles. The number of allylic oxidation sites excluding steroid dienone is 1. The number of nitrogens with one attached hydrogen (secondary N) is 2. The summed E-state index contributed by atoms with van der Waals surface area (Å²) >= 11 is 0. The molecule has 9 nitrogen and oxygen atoms in total. The second kappa shape index (κ2) is 12.0. The van der Waals surface area contributed by atoms with Crippen molar-refractivity contribution in [1.29, 1.82) is 0 Å². The number of halogens is 4. The van der Waals surface area contributed by atoms with Crippen molar-refractivity contribution in [3.05, 3.63) is 89.8 Å². The maximum atomic E-state index is 15.1. The number of hydrogen-bond acceptors (Lipinski definition) is 6. The molecular formula is C31H26F4N2O7S. The molecule has 3 N–H and O–H groups in total. The number of anilines is 1. The van der Waals surface area contributed by atoms with Crippen LogP contribution >= 0.6 is 0 Å². The van der Waals surface area contributed by atoms with Crippen molar-refractivity contribution >= 4 is 33.3 Å². The monoisotopic (exact) mass is 646 g/mol. The normalized spacial score (nSPS) is 20.6. The zero-order chi connectivity index (χ0) is 32.7. The van der Waals surface area contributed by atoms with Gasteiger partial charge in [-0.3, -0.25) is 14.4 Å². The van der Waals surface area contributed by atoms with Crippen molar-refractivity contribution in [2.45, 2.75) is 29.3 Å². The fourth-order valence-electron chi connectivity index (χ4n) is 5.85. The van der Waals surface area contributed by atoms with Crippen molar-refractivity contribution in [2.24, 2.45) is 17.8 Å². The summed E-state index contributed by atoms with van der Waals surface area (Å²) < 4.78 is 83.3. The number of hydrogen-bond donors (Lipinski definition) is 3. The largest absolute Gasteiger partial charge is 0.501 e. The molecule has 14 heteroatoms. The number of methoxy groups -OCH3 is 1. The third-order valence-corrected chi connectivity index (χ3v) is 9.39. The summed E-state index contributed by atoms with van der Waals surface area (Å²) in [5.74, 6) is -4.62. The zero-order valence-electron chi connectivity index (χ0n) is 23.5. The standard InChI is InChI=1S/C31H26F4N2O7S/c1-44-25-15-24(32)22(17-5-2-4-16(10-17)11-26(38)39)14-23(25)29(40)37-28-19-9-8-18(12-19)27(28)30(41)36-20-6-3-7-21(13-20)45(42,43)31(33,34)35/h2-10,13-15,18-19,27-28H,11-12H2,1H3,(H,36,41)(H,37,40)(H,38,39)/t18-,19+,27+,28-/m1/s1. The van der Waals surface area contributed by atoms with Gasteiger partial charge in [-0.05, 0) is 53.6 Å². The van der Waals surface area contributed by atoms with E-state index in [9.17, 15) is 36.0 Å². The van der Waals surface area contributed by atoms with E-state index in [4.69, 9.17) is 9.84 Å². The Morgan fingerprint density at radius 2 is 1.71 bits per heavy atom. The van der Waals surface area contributed by atoms with Gasteiger partial charge in [-0.2, -0.15) is 13.2 Å². The van der Waals surface area contributed by atoms with Crippen molar-refractivity contribution in [1.82, 2.24) is 5.32 Å². The van der Waals surface area contributed by atoms with E-state index in [0.29, 0.717) is 23.6 Å². The Hall–Kier alpha value is -4.72. The molecule has 3 aromatic carbocycles. The lowest BCUT2D eigenvalue weighted by atomic mass is 9.87. The molecule has 0 radical (unpaired) electrons. The highest BCUT2D eigenvalue weighted by atomic mass is 32.2. The van der Waals surface area contributed by atoms with E-state index >= 15 is 4.39 Å². The summed E-state index contributed by atoms with van der Waals surface area (Å²) in [4.78, 5) is 37.2. The van der Waals surface area contributed by atoms with Crippen LogP contribution in [-0.2, 0) is 25.8 Å². The summed E-state index contributed by atoms with van der Waals surface area (Å²) in [5.41, 5.74) is -4.97. The van der Waals surface area contributed by atoms with E-state index in [2.05, 4.69) is 10.6 Å². The molecule has 3 aromatic rings. The van der Waals surface area contributed by atoms with E-state index in [0.717, 1.165) is 18.2 Å². The zero-order valence-corrected chi connectivity index (χ0v) is 24.3. The maximum absolute atomic E-state index is 15.1. The van der Waals surface area contributed by atoms with E-state index in [-0.39, 0.29) is 40.8 Å². The second-order valence-corrected chi connectivity index (χ2v) is 12.7. The Kier molecular flexibility index (Phi) is 8.45. The minimum atomic E-state index is -5.64. The number of alkyl halides is 3. The highest BCUT2D eigenvalue weighted by Crippen LogP contribution is 2.45. The molecule has 236 valence electrons. The van der Waals surface area contributed by atoms with Crippen LogP contribution in [-0.4, -0.2) is 50.0 Å². The first-order valence-electron chi connectivity index (χ1n) is 13.6. The predicted molar refractivity (Wildman–Crippen MR) is 154 cm³/mol. The van der Waals surface area contributed by atoms with Crippen LogP contribution in [0.25, 0.3) is 11.1 Å². The van der Waals surface area contributed by atoms with Crippen LogP contribution in [0.1, 0.15) is 22.3 Å². The maximum Gasteiger partial charge on any atom is 0.501 e. The molecule has 0 aliphatic heterocycles. The van der Waals surface area contributed by atoms with Gasteiger partial charge in [-0.1, -0.05) is 42.5 Å². The minimum Gasteiger partial charge on any atom is -0.496 e. The number of sulfone groups is 1. The van der Waals surface area contributed by atoms with Gasteiger partial charge in [0, 0.05) is 23.4 Å². The molecule has 4 atom stereocenters. The summed E-state index contributed by atoms with van der Waals surface area (Å²) in [5, 5.41) is 14.4. The van der Waals surface area contributed by atoms with Gasteiger partial charge in [-0.25, -0.2) is 12.8 Å². The first kappa shape index (κ1) is 31.7. The van der Waals surface area contributed by atoms with Crippen LogP contribution in [0.15, 0.2) is 77.7 Å². The van der Waals surface area contributed by atoms with Crippen LogP contribution in [0.2, 0.25) is 0 Å². The number of fused-ring (bicyclic) bond motifs is 2. The number of ether oxygens (including phenoxy) is 1. The second-order valence-electron chi connectivity index (χ2n) is 10.7. The Bertz CT molecular complexity index is 1820. The van der Waals surface area contributed by atoms with Crippen molar-refractivity contribution in [2.75, 3.05) is 12.4 Å². The van der Waals surface area contributed by atoms with Crippen molar-refractivity contribution in [3.8, 4) is 16.9 Å². The van der Waals surface area contributed by atoms with Gasteiger partial charge < -0.3 is 20.5 Å². The van der Waals surface area contributed by atoms with Crippen LogP contribution < -0.4 is 15.4 Å². The molecule has 2 bridgehead atoms. The molecule has 0 saturated heterocycles. The van der Waals surface area contributed by atoms with Crippen LogP contribution in [0.3, 0.4) is 0 Å². The number of carbonyl (C=O) groups is 3. The van der Waals surface area contributed by atoms with Crippen LogP contribution in [0.4, 0.5) is 23.2 Å². The number of carboxylic acid groups (broad SMARTS) is 1. The Morgan fingerprint density at radius 1 is 1.00 bits per heavy atom. The summed E-state index contributed by atoms with van der Waals surface area (Å²) in [6.45, 7) is 0. The summed E-state index contributed by atoms with van der Waals surface area (Å²) in [7, 11) is -4.39. The predicted octanol–water partition coefficient (Wildman–Crippen LogP) is 4.98. The van der Waals surface area contributed by atoms with Crippen LogP contribution in [0, 0.1) is 23.6 Å². The number of aliphatic carboxylic acids is 1. The molecular weight excluding hydrogens is 620 g/mol. The van der Waals surface area contributed by atoms with Gasteiger partial charge in [0.05, 0.1) is 29.9 Å². The molecule has 2 amide bonds. The quantitative estimate of drug-likeness (QED) is 0.220. The highest BCUT2D eigenvalue weighted by Gasteiger charge is 2.49. The molecule has 0 aromatic heterocycles. The molecule has 0 unspecified atom stereocenters. The summed E-state index contributed by atoms with van der Waals surface area (Å²) in [6, 6.07) is 11.6. The number of amides is 2. The van der Waals surface area contributed by atoms with E-state index in [1.54, 1.807) is 18.2 Å². The van der Waals surface area contributed by atoms with Gasteiger partial charge in [-0.15, -0.1) is 0 Å². The lowest BCUT2D eigenvalue weighted by molar-refractivity contribution is -0.136. The number of rotatable bonds is 9. The van der Waals surface area contributed by atoms with E-state index in [1.165, 1.54) is 25.3 Å². The molecule has 1 fully saturated rings. The fraction of sp³-hybridized carbons (Fsp3) is 0.258. The van der Waals surface area contributed by atoms with Gasteiger partial charge >= 0.3 is 11.5 Å². The lowest BCUT2D eigenvalue weighted by Gasteiger charge is -2.28. The number of benzene rings is 3. The van der Waals surface area contributed by atoms with Gasteiger partial charge in [0.1, 0.15) is 11.6 Å². The average molecular weight is 647 g/mol. The number of carbonyl (C=O) groups excluding carboxylic acids is 2. The van der Waals surface area contributed by atoms with Gasteiger partial charge in [0.2, 0.25) is 5.91 Å². The SMILES string of the molecule is COc1cc(F)c(-c2cccc(CC(=O)O)c2)cc1C(=O)N[C@H]1[C@@H](C(=O)Nc2cccc(S(=O)(=O)C(F)(F)F)c2)[C@@H]2C=C[C@H]1C2. The van der Waals surface area contributed by atoms with E-state index < -0.39 is 55.8 Å². The Morgan fingerprint density at radius 3 is 2.40 bits per heavy atom. The molecule has 0 spiro atoms. The van der Waals surface area contributed by atoms with Crippen molar-refractivity contribution < 1.29 is 50.2 Å². The molecule has 2 aliphatic rings. The number of carboxylic acids is 1. The van der Waals surface area contributed by atoms with Crippen LogP contribution in [0.5, 0.6) is 5.75 Å². The Labute approximate surface area is 254 Å². The van der Waals surface area contributed by atoms with Gasteiger partial charge in [0.25, 0.3) is 15.7 Å². The minimum absolute atomic E-state index is 0.0176. The fourth-order valence-corrected chi connectivity index (χ4v) is 6.66. The van der Waals surface area contributed by atoms with Crippen molar-refractivity contribution in [3.63, 3.8) is 0 Å². The smallest absolute Gasteiger partial charge is 0.496 e. The van der Waals surface area contributed by atoms with Gasteiger partial charge in [0.15, 0.2) is 0 Å². The first-order chi connectivity index (χ1) is 21.2. The third-order valence-electron chi connectivity index (χ3n) is 7.90. The molecule has 5 rings (SSSR count). The molecule has 45 heavy (non-hydrogen) atoms. The topological polar surface area (TPSA) is 139 Å². The third kappa shape index (κ3) is 6.27. The van der Waals surface area contributed by atoms with E-state index in [1.807, 2.05) is 12.2 Å². The lowest BCUT2D eigenvalue weighted by Crippen LogP contribution is -2.47. The highest BCUT2D eigenvalue weighted by molar-refractivity contribution is 7.92. The summed E-state index contributed by atoms with van der Waals surface area (Å²) in [6.07, 6.45) is 3.87. The first-order valence-corrected chi connectivity index (χ1v) is 15.1. The molecule has 1 saturated carbocycles.